The number of hydrogen-bond acceptors (Lipinski definition) is 7. The van der Waals surface area contributed by atoms with E-state index >= 15 is 0 Å². The average Bonchev–Trinajstić information content (AvgIpc) is 3.31. The number of nitrogens with zero attached hydrogens (tertiary/aromatic N) is 3. The molecule has 40 heavy (non-hydrogen) atoms. The van der Waals surface area contributed by atoms with E-state index in [2.05, 4.69) is 27.5 Å². The Hall–Kier alpha value is -4.44. The molecule has 1 atom stereocenters. The van der Waals surface area contributed by atoms with Crippen molar-refractivity contribution in [2.24, 2.45) is 9.98 Å². The number of rotatable bonds is 9. The average molecular weight is 556 g/mol. The summed E-state index contributed by atoms with van der Waals surface area (Å²) in [5.74, 6) is 0.301. The van der Waals surface area contributed by atoms with Gasteiger partial charge in [0.1, 0.15) is 17.6 Å². The molecule has 3 aromatic rings. The summed E-state index contributed by atoms with van der Waals surface area (Å²) in [5.41, 5.74) is 4.09. The quantitative estimate of drug-likeness (QED) is 0.409. The van der Waals surface area contributed by atoms with Crippen LogP contribution in [-0.4, -0.2) is 52.5 Å². The highest BCUT2D eigenvalue weighted by Gasteiger charge is 2.42. The number of amidine groups is 2. The Bertz CT molecular complexity index is 1500. The highest BCUT2D eigenvalue weighted by Crippen LogP contribution is 2.34. The first-order chi connectivity index (χ1) is 19.5. The van der Waals surface area contributed by atoms with Crippen molar-refractivity contribution in [2.75, 3.05) is 18.2 Å². The summed E-state index contributed by atoms with van der Waals surface area (Å²) < 4.78 is 5.34. The lowest BCUT2D eigenvalue weighted by atomic mass is 10.1. The first-order valence-electron chi connectivity index (χ1n) is 13.0. The lowest BCUT2D eigenvalue weighted by Crippen LogP contribution is -2.42. The Labute approximate surface area is 236 Å². The van der Waals surface area contributed by atoms with Crippen LogP contribution in [0.2, 0.25) is 0 Å². The lowest BCUT2D eigenvalue weighted by molar-refractivity contribution is -0.128. The molecule has 2 N–H and O–H groups in total. The summed E-state index contributed by atoms with van der Waals surface area (Å²) in [6, 6.07) is 21.6. The number of carbonyl (C=O) groups excluding carboxylic acids is 3. The largest absolute Gasteiger partial charge is 0.496 e. The Morgan fingerprint density at radius 1 is 1.00 bits per heavy atom. The van der Waals surface area contributed by atoms with Gasteiger partial charge >= 0.3 is 0 Å². The smallest absolute Gasteiger partial charge is 0.259 e. The van der Waals surface area contributed by atoms with E-state index in [0.717, 1.165) is 23.7 Å². The van der Waals surface area contributed by atoms with Crippen molar-refractivity contribution in [1.29, 1.82) is 0 Å². The third-order valence-electron chi connectivity index (χ3n) is 6.57. The second kappa shape index (κ2) is 12.2. The number of methoxy groups -OCH3 is 1. The van der Waals surface area contributed by atoms with Crippen molar-refractivity contribution in [3.8, 4) is 5.75 Å². The molecule has 2 aliphatic rings. The SMILES string of the molecule is CCc1ccc(NC(=O)CSC2=Nc3ccccc3C3=NC(CC(=O)NCc4ccccc4OC)C(=O)N23)cc1. The fourth-order valence-corrected chi connectivity index (χ4v) is 5.27. The Morgan fingerprint density at radius 2 is 1.75 bits per heavy atom. The zero-order valence-electron chi connectivity index (χ0n) is 22.2. The molecule has 0 bridgehead atoms. The number of para-hydroxylation sites is 2. The standard InChI is InChI=1S/C30H29N5O4S/c1-3-19-12-14-21(15-13-19)32-27(37)18-40-30-34-23-10-6-5-9-22(23)28-33-24(29(38)35(28)30)16-26(36)31-17-20-8-4-7-11-25(20)39-2/h4-15,24H,3,16-18H2,1-2H3,(H,31,36)(H,32,37). The monoisotopic (exact) mass is 555 g/mol. The number of benzene rings is 3. The molecule has 0 spiro atoms. The van der Waals surface area contributed by atoms with Gasteiger partial charge in [-0.25, -0.2) is 9.89 Å². The summed E-state index contributed by atoms with van der Waals surface area (Å²) in [6.07, 6.45) is 0.811. The molecule has 0 aliphatic carbocycles. The van der Waals surface area contributed by atoms with Gasteiger partial charge in [-0.1, -0.05) is 61.2 Å². The molecular weight excluding hydrogens is 526 g/mol. The van der Waals surface area contributed by atoms with Crippen LogP contribution in [0.1, 0.15) is 30.0 Å². The van der Waals surface area contributed by atoms with Crippen LogP contribution < -0.4 is 15.4 Å². The Balaban J connectivity index is 1.26. The van der Waals surface area contributed by atoms with Gasteiger partial charge in [0, 0.05) is 23.4 Å². The molecule has 2 heterocycles. The van der Waals surface area contributed by atoms with E-state index < -0.39 is 6.04 Å². The van der Waals surface area contributed by atoms with Gasteiger partial charge in [0.15, 0.2) is 5.17 Å². The van der Waals surface area contributed by atoms with E-state index in [9.17, 15) is 14.4 Å². The molecular formula is C30H29N5O4S. The molecule has 0 fully saturated rings. The predicted molar refractivity (Wildman–Crippen MR) is 157 cm³/mol. The van der Waals surface area contributed by atoms with Crippen LogP contribution in [0.15, 0.2) is 82.8 Å². The fourth-order valence-electron chi connectivity index (χ4n) is 4.47. The minimum Gasteiger partial charge on any atom is -0.496 e. The molecule has 0 aromatic heterocycles. The fraction of sp³-hybridized carbons (Fsp3) is 0.233. The maximum atomic E-state index is 13.5. The van der Waals surface area contributed by atoms with Crippen LogP contribution in [-0.2, 0) is 27.3 Å². The zero-order valence-corrected chi connectivity index (χ0v) is 23.0. The highest BCUT2D eigenvalue weighted by atomic mass is 32.2. The molecule has 3 aromatic carbocycles. The van der Waals surface area contributed by atoms with Crippen LogP contribution in [0.3, 0.4) is 0 Å². The number of thioether (sulfide) groups is 1. The number of carbonyl (C=O) groups is 3. The van der Waals surface area contributed by atoms with Crippen LogP contribution >= 0.6 is 11.8 Å². The second-order valence-corrected chi connectivity index (χ2v) is 10.2. The number of nitrogens with one attached hydrogen (secondary N) is 2. The lowest BCUT2D eigenvalue weighted by Gasteiger charge is -2.25. The molecule has 3 amide bonds. The third-order valence-corrected chi connectivity index (χ3v) is 7.51. The van der Waals surface area contributed by atoms with Crippen LogP contribution in [0.25, 0.3) is 0 Å². The van der Waals surface area contributed by atoms with E-state index in [-0.39, 0.29) is 36.4 Å². The van der Waals surface area contributed by atoms with E-state index in [0.29, 0.717) is 33.7 Å². The number of fused-ring (bicyclic) bond motifs is 3. The summed E-state index contributed by atoms with van der Waals surface area (Å²) in [5, 5.41) is 6.10. The van der Waals surface area contributed by atoms with Crippen molar-refractivity contribution in [2.45, 2.75) is 32.4 Å². The summed E-state index contributed by atoms with van der Waals surface area (Å²) in [7, 11) is 1.58. The van der Waals surface area contributed by atoms with E-state index in [1.807, 2.05) is 72.8 Å². The maximum absolute atomic E-state index is 13.5. The van der Waals surface area contributed by atoms with Crippen molar-refractivity contribution >= 4 is 51.9 Å². The van der Waals surface area contributed by atoms with Crippen molar-refractivity contribution in [1.82, 2.24) is 10.2 Å². The molecule has 0 saturated carbocycles. The first kappa shape index (κ1) is 27.1. The Kier molecular flexibility index (Phi) is 8.26. The number of aryl methyl sites for hydroxylation is 1. The number of hydrogen-bond donors (Lipinski definition) is 2. The van der Waals surface area contributed by atoms with Gasteiger partial charge in [0.2, 0.25) is 11.8 Å². The second-order valence-electron chi connectivity index (χ2n) is 9.23. The molecule has 2 aliphatic heterocycles. The van der Waals surface area contributed by atoms with E-state index in [1.165, 1.54) is 10.5 Å². The topological polar surface area (TPSA) is 112 Å². The maximum Gasteiger partial charge on any atom is 0.259 e. The van der Waals surface area contributed by atoms with Crippen LogP contribution in [0.5, 0.6) is 5.75 Å². The van der Waals surface area contributed by atoms with Gasteiger partial charge in [-0.3, -0.25) is 19.4 Å². The molecule has 5 rings (SSSR count). The first-order valence-corrected chi connectivity index (χ1v) is 14.0. The van der Waals surface area contributed by atoms with Crippen LogP contribution in [0, 0.1) is 0 Å². The van der Waals surface area contributed by atoms with Gasteiger partial charge in [0.05, 0.1) is 25.0 Å². The normalized spacial score (nSPS) is 15.5. The van der Waals surface area contributed by atoms with Crippen molar-refractivity contribution < 1.29 is 19.1 Å². The van der Waals surface area contributed by atoms with Gasteiger partial charge in [0.25, 0.3) is 5.91 Å². The molecule has 204 valence electrons. The molecule has 1 unspecified atom stereocenters. The van der Waals surface area contributed by atoms with Crippen LogP contribution in [0.4, 0.5) is 11.4 Å². The molecule has 9 nitrogen and oxygen atoms in total. The predicted octanol–water partition coefficient (Wildman–Crippen LogP) is 4.29. The zero-order chi connectivity index (χ0) is 28.1. The number of amides is 3. The van der Waals surface area contributed by atoms with Gasteiger partial charge < -0.3 is 15.4 Å². The molecule has 10 heteroatoms. The number of ether oxygens (including phenoxy) is 1. The number of aliphatic imine (C=N–C) groups is 2. The summed E-state index contributed by atoms with van der Waals surface area (Å²) in [4.78, 5) is 49.7. The minimum atomic E-state index is -0.893. The molecule has 0 radical (unpaired) electrons. The molecule has 0 saturated heterocycles. The van der Waals surface area contributed by atoms with E-state index in [4.69, 9.17) is 4.74 Å². The van der Waals surface area contributed by atoms with E-state index in [1.54, 1.807) is 7.11 Å². The van der Waals surface area contributed by atoms with Crippen molar-refractivity contribution in [3.63, 3.8) is 0 Å². The third kappa shape index (κ3) is 5.91. The van der Waals surface area contributed by atoms with Gasteiger partial charge in [-0.2, -0.15) is 0 Å². The summed E-state index contributed by atoms with van der Waals surface area (Å²) in [6.45, 7) is 2.34. The van der Waals surface area contributed by atoms with Gasteiger partial charge in [-0.05, 0) is 42.3 Å². The minimum absolute atomic E-state index is 0.0532. The Morgan fingerprint density at radius 3 is 2.52 bits per heavy atom. The number of anilines is 1. The van der Waals surface area contributed by atoms with Gasteiger partial charge in [-0.15, -0.1) is 0 Å². The van der Waals surface area contributed by atoms with Crippen molar-refractivity contribution in [3.05, 3.63) is 89.5 Å². The highest BCUT2D eigenvalue weighted by molar-refractivity contribution is 8.14. The summed E-state index contributed by atoms with van der Waals surface area (Å²) >= 11 is 1.16.